The predicted molar refractivity (Wildman–Crippen MR) is 65.1 cm³/mol. The van der Waals surface area contributed by atoms with Crippen molar-refractivity contribution < 1.29 is 0 Å². The second-order valence-electron chi connectivity index (χ2n) is 2.83. The molecule has 0 nitrogen and oxygen atoms in total. The van der Waals surface area contributed by atoms with Crippen molar-refractivity contribution in [2.24, 2.45) is 0 Å². The first kappa shape index (κ1) is 11.5. The SMILES string of the molecule is CSc1cccc(C#CCCCCl)c1. The van der Waals surface area contributed by atoms with E-state index in [4.69, 9.17) is 11.6 Å². The Kier molecular flexibility index (Phi) is 5.59. The van der Waals surface area contributed by atoms with Gasteiger partial charge in [-0.1, -0.05) is 17.9 Å². The molecular formula is C12H13ClS. The molecule has 2 heteroatoms. The number of benzene rings is 1. The van der Waals surface area contributed by atoms with Gasteiger partial charge in [0.15, 0.2) is 0 Å². The zero-order valence-corrected chi connectivity index (χ0v) is 9.79. The predicted octanol–water partition coefficient (Wildman–Crippen LogP) is 3.78. The average molecular weight is 225 g/mol. The number of hydrogen-bond donors (Lipinski definition) is 0. The smallest absolute Gasteiger partial charge is 0.0256 e. The molecule has 0 saturated heterocycles. The first-order chi connectivity index (χ1) is 6.86. The highest BCUT2D eigenvalue weighted by molar-refractivity contribution is 7.98. The second kappa shape index (κ2) is 6.81. The van der Waals surface area contributed by atoms with Gasteiger partial charge >= 0.3 is 0 Å². The number of hydrogen-bond acceptors (Lipinski definition) is 1. The summed E-state index contributed by atoms with van der Waals surface area (Å²) in [7, 11) is 0. The molecule has 1 aromatic carbocycles. The van der Waals surface area contributed by atoms with E-state index in [-0.39, 0.29) is 0 Å². The first-order valence-electron chi connectivity index (χ1n) is 4.55. The number of thioether (sulfide) groups is 1. The second-order valence-corrected chi connectivity index (χ2v) is 4.08. The van der Waals surface area contributed by atoms with Crippen LogP contribution in [0.4, 0.5) is 0 Å². The van der Waals surface area contributed by atoms with E-state index in [1.54, 1.807) is 11.8 Å². The summed E-state index contributed by atoms with van der Waals surface area (Å²) in [5, 5.41) is 0. The zero-order chi connectivity index (χ0) is 10.2. The van der Waals surface area contributed by atoms with Crippen LogP contribution < -0.4 is 0 Å². The molecule has 0 amide bonds. The van der Waals surface area contributed by atoms with Crippen LogP contribution in [0.3, 0.4) is 0 Å². The largest absolute Gasteiger partial charge is 0.130 e. The maximum absolute atomic E-state index is 5.56. The van der Waals surface area contributed by atoms with Gasteiger partial charge in [-0.3, -0.25) is 0 Å². The average Bonchev–Trinajstić information content (AvgIpc) is 2.25. The van der Waals surface area contributed by atoms with Crippen LogP contribution in [0.5, 0.6) is 0 Å². The molecule has 14 heavy (non-hydrogen) atoms. The third kappa shape index (κ3) is 4.09. The molecule has 0 aliphatic rings. The van der Waals surface area contributed by atoms with E-state index in [1.807, 2.05) is 12.1 Å². The van der Waals surface area contributed by atoms with Crippen molar-refractivity contribution >= 4 is 23.4 Å². The molecule has 0 spiro atoms. The minimum Gasteiger partial charge on any atom is -0.130 e. The van der Waals surface area contributed by atoms with Crippen LogP contribution in [0.25, 0.3) is 0 Å². The Morgan fingerprint density at radius 1 is 1.43 bits per heavy atom. The van der Waals surface area contributed by atoms with Crippen molar-refractivity contribution in [3.63, 3.8) is 0 Å². The maximum atomic E-state index is 5.56. The number of alkyl halides is 1. The van der Waals surface area contributed by atoms with E-state index in [0.29, 0.717) is 5.88 Å². The van der Waals surface area contributed by atoms with Gasteiger partial charge < -0.3 is 0 Å². The topological polar surface area (TPSA) is 0 Å². The molecule has 0 fully saturated rings. The molecule has 0 heterocycles. The molecule has 0 saturated carbocycles. The van der Waals surface area contributed by atoms with Gasteiger partial charge in [-0.15, -0.1) is 23.4 Å². The lowest BCUT2D eigenvalue weighted by atomic mass is 10.2. The summed E-state index contributed by atoms with van der Waals surface area (Å²) in [5.74, 6) is 6.94. The van der Waals surface area contributed by atoms with Crippen LogP contribution in [0.2, 0.25) is 0 Å². The van der Waals surface area contributed by atoms with Gasteiger partial charge in [-0.25, -0.2) is 0 Å². The molecule has 0 bridgehead atoms. The van der Waals surface area contributed by atoms with Crippen molar-refractivity contribution in [2.45, 2.75) is 17.7 Å². The molecule has 0 radical (unpaired) electrons. The normalized spacial score (nSPS) is 9.29. The number of unbranched alkanes of at least 4 members (excludes halogenated alkanes) is 1. The van der Waals surface area contributed by atoms with E-state index in [0.717, 1.165) is 18.4 Å². The number of rotatable bonds is 3. The molecule has 0 aromatic heterocycles. The van der Waals surface area contributed by atoms with Gasteiger partial charge in [0.1, 0.15) is 0 Å². The van der Waals surface area contributed by atoms with Gasteiger partial charge in [0.2, 0.25) is 0 Å². The highest BCUT2D eigenvalue weighted by Crippen LogP contribution is 2.15. The van der Waals surface area contributed by atoms with Gasteiger partial charge in [0.05, 0.1) is 0 Å². The van der Waals surface area contributed by atoms with Crippen molar-refractivity contribution in [3.05, 3.63) is 29.8 Å². The summed E-state index contributed by atoms with van der Waals surface area (Å²) in [4.78, 5) is 1.26. The van der Waals surface area contributed by atoms with Crippen molar-refractivity contribution in [1.29, 1.82) is 0 Å². The Bertz CT molecular complexity index is 336. The van der Waals surface area contributed by atoms with E-state index >= 15 is 0 Å². The summed E-state index contributed by atoms with van der Waals surface area (Å²) < 4.78 is 0. The summed E-state index contributed by atoms with van der Waals surface area (Å²) in [6, 6.07) is 8.28. The molecular weight excluding hydrogens is 212 g/mol. The Balaban J connectivity index is 2.60. The fourth-order valence-electron chi connectivity index (χ4n) is 1.02. The fraction of sp³-hybridized carbons (Fsp3) is 0.333. The van der Waals surface area contributed by atoms with E-state index in [1.165, 1.54) is 4.90 Å². The van der Waals surface area contributed by atoms with E-state index in [9.17, 15) is 0 Å². The lowest BCUT2D eigenvalue weighted by Gasteiger charge is -1.95. The van der Waals surface area contributed by atoms with Crippen molar-refractivity contribution in [3.8, 4) is 11.8 Å². The van der Waals surface area contributed by atoms with E-state index in [2.05, 4.69) is 30.2 Å². The van der Waals surface area contributed by atoms with Gasteiger partial charge in [0.25, 0.3) is 0 Å². The molecule has 0 unspecified atom stereocenters. The minimum atomic E-state index is 0.694. The van der Waals surface area contributed by atoms with Gasteiger partial charge in [-0.05, 0) is 30.9 Å². The highest BCUT2D eigenvalue weighted by atomic mass is 35.5. The summed E-state index contributed by atoms with van der Waals surface area (Å²) in [6.07, 6.45) is 3.92. The Labute approximate surface area is 95.0 Å². The third-order valence-electron chi connectivity index (χ3n) is 1.74. The molecule has 1 rings (SSSR count). The summed E-state index contributed by atoms with van der Waals surface area (Å²) in [5.41, 5.74) is 1.09. The van der Waals surface area contributed by atoms with Crippen LogP contribution in [0, 0.1) is 11.8 Å². The highest BCUT2D eigenvalue weighted by Gasteiger charge is 1.90. The molecule has 0 atom stereocenters. The van der Waals surface area contributed by atoms with Crippen LogP contribution in [-0.4, -0.2) is 12.1 Å². The molecule has 0 aliphatic heterocycles. The Morgan fingerprint density at radius 3 is 3.00 bits per heavy atom. The van der Waals surface area contributed by atoms with Crippen LogP contribution in [-0.2, 0) is 0 Å². The van der Waals surface area contributed by atoms with Crippen molar-refractivity contribution in [2.75, 3.05) is 12.1 Å². The zero-order valence-electron chi connectivity index (χ0n) is 8.22. The molecule has 74 valence electrons. The van der Waals surface area contributed by atoms with Crippen LogP contribution >= 0.6 is 23.4 Å². The Hall–Kier alpha value is -0.580. The fourth-order valence-corrected chi connectivity index (χ4v) is 1.61. The number of halogens is 1. The lowest BCUT2D eigenvalue weighted by molar-refractivity contribution is 0.991. The summed E-state index contributed by atoms with van der Waals surface area (Å²) >= 11 is 7.30. The lowest BCUT2D eigenvalue weighted by Crippen LogP contribution is -1.76. The minimum absolute atomic E-state index is 0.694. The first-order valence-corrected chi connectivity index (χ1v) is 6.31. The summed E-state index contributed by atoms with van der Waals surface area (Å²) in [6.45, 7) is 0. The van der Waals surface area contributed by atoms with Crippen LogP contribution in [0.1, 0.15) is 18.4 Å². The molecule has 1 aromatic rings. The quantitative estimate of drug-likeness (QED) is 0.326. The standard InChI is InChI=1S/C12H13ClS/c1-14-12-8-5-7-11(10-12)6-3-2-4-9-13/h5,7-8,10H,2,4,9H2,1H3. The van der Waals surface area contributed by atoms with Gasteiger partial charge in [-0.2, -0.15) is 0 Å². The monoisotopic (exact) mass is 224 g/mol. The third-order valence-corrected chi connectivity index (χ3v) is 2.73. The Morgan fingerprint density at radius 2 is 2.29 bits per heavy atom. The molecule has 0 aliphatic carbocycles. The molecule has 0 N–H and O–H groups in total. The van der Waals surface area contributed by atoms with Crippen molar-refractivity contribution in [1.82, 2.24) is 0 Å². The van der Waals surface area contributed by atoms with Crippen LogP contribution in [0.15, 0.2) is 29.2 Å². The van der Waals surface area contributed by atoms with Gasteiger partial charge in [0, 0.05) is 22.8 Å². The maximum Gasteiger partial charge on any atom is 0.0256 e. The van der Waals surface area contributed by atoms with E-state index < -0.39 is 0 Å².